The molecule has 1 saturated heterocycles. The molecule has 1 heterocycles. The molecule has 1 saturated carbocycles. The van der Waals surface area contributed by atoms with Gasteiger partial charge in [0, 0.05) is 52.5 Å². The molecule has 1 aliphatic heterocycles. The van der Waals surface area contributed by atoms with Gasteiger partial charge in [-0.05, 0) is 112 Å². The Morgan fingerprint density at radius 2 is 1.23 bits per heavy atom. The Morgan fingerprint density at radius 1 is 0.773 bits per heavy atom. The van der Waals surface area contributed by atoms with Crippen LogP contribution in [0.1, 0.15) is 57.9 Å². The standard InChI is InChI=1S/C34H52N4O4S2/c1-28-9-13-32(14-10-28)43(39,40)37-23-7-21-36(27-30-17-19-34(3,4)20-18-30)22-8-24-38(26-29(2)25-37)44(41,42)33-15-11-31(12-16-33)35(5)6/h9-16,30H,2,7-8,17-27H2,1,3-6H3. The van der Waals surface area contributed by atoms with Gasteiger partial charge < -0.3 is 9.80 Å². The minimum Gasteiger partial charge on any atom is -0.378 e. The summed E-state index contributed by atoms with van der Waals surface area (Å²) in [6.45, 7) is 14.1. The van der Waals surface area contributed by atoms with Gasteiger partial charge in [0.05, 0.1) is 9.79 Å². The zero-order valence-corrected chi connectivity index (χ0v) is 29.0. The van der Waals surface area contributed by atoms with Crippen LogP contribution in [-0.4, -0.2) is 90.3 Å². The molecule has 0 N–H and O–H groups in total. The summed E-state index contributed by atoms with van der Waals surface area (Å²) in [4.78, 5) is 4.84. The van der Waals surface area contributed by atoms with Crippen molar-refractivity contribution in [2.75, 3.05) is 64.8 Å². The Morgan fingerprint density at radius 3 is 1.68 bits per heavy atom. The number of aryl methyl sites for hydroxylation is 1. The first-order valence-electron chi connectivity index (χ1n) is 15.9. The third kappa shape index (κ3) is 8.94. The first-order chi connectivity index (χ1) is 20.7. The van der Waals surface area contributed by atoms with E-state index in [0.717, 1.165) is 30.9 Å². The maximum Gasteiger partial charge on any atom is 0.243 e. The molecule has 2 aliphatic rings. The SMILES string of the molecule is C=C1CN(S(=O)(=O)c2ccc(C)cc2)CCCN(CC2CCC(C)(C)CC2)CCCN(S(=O)(=O)c2ccc(N(C)C)cc2)C1. The minimum absolute atomic E-state index is 0.0649. The summed E-state index contributed by atoms with van der Waals surface area (Å²) in [6.07, 6.45) is 6.23. The average molecular weight is 645 g/mol. The monoisotopic (exact) mass is 644 g/mol. The van der Waals surface area contributed by atoms with E-state index in [0.29, 0.717) is 42.8 Å². The lowest BCUT2D eigenvalue weighted by atomic mass is 9.73. The lowest BCUT2D eigenvalue weighted by molar-refractivity contribution is 0.139. The van der Waals surface area contributed by atoms with Crippen molar-refractivity contribution in [3.8, 4) is 0 Å². The normalized spacial score (nSPS) is 21.0. The number of hydrogen-bond donors (Lipinski definition) is 0. The van der Waals surface area contributed by atoms with Crippen molar-refractivity contribution in [3.63, 3.8) is 0 Å². The molecule has 244 valence electrons. The molecule has 0 aromatic heterocycles. The van der Waals surface area contributed by atoms with E-state index in [2.05, 4.69) is 25.3 Å². The van der Waals surface area contributed by atoms with Gasteiger partial charge in [0.2, 0.25) is 20.0 Å². The molecule has 2 fully saturated rings. The van der Waals surface area contributed by atoms with Crippen molar-refractivity contribution >= 4 is 25.7 Å². The van der Waals surface area contributed by atoms with Crippen LogP contribution in [0.25, 0.3) is 0 Å². The van der Waals surface area contributed by atoms with Gasteiger partial charge in [-0.15, -0.1) is 0 Å². The Bertz CT molecular complexity index is 1460. The number of nitrogens with zero attached hydrogens (tertiary/aromatic N) is 4. The van der Waals surface area contributed by atoms with E-state index in [4.69, 9.17) is 0 Å². The largest absolute Gasteiger partial charge is 0.378 e. The zero-order chi connectivity index (χ0) is 32.1. The van der Waals surface area contributed by atoms with E-state index in [9.17, 15) is 16.8 Å². The van der Waals surface area contributed by atoms with Crippen LogP contribution in [0.2, 0.25) is 0 Å². The van der Waals surface area contributed by atoms with E-state index >= 15 is 0 Å². The van der Waals surface area contributed by atoms with E-state index in [1.54, 1.807) is 48.5 Å². The second-order valence-corrected chi connectivity index (χ2v) is 17.6. The number of hydrogen-bond acceptors (Lipinski definition) is 6. The highest BCUT2D eigenvalue weighted by Crippen LogP contribution is 2.38. The maximum absolute atomic E-state index is 13.9. The van der Waals surface area contributed by atoms with Gasteiger partial charge in [-0.1, -0.05) is 38.1 Å². The van der Waals surface area contributed by atoms with Gasteiger partial charge in [0.1, 0.15) is 0 Å². The Hall–Kier alpha value is -2.24. The van der Waals surface area contributed by atoms with Gasteiger partial charge in [-0.25, -0.2) is 16.8 Å². The number of benzene rings is 2. The summed E-state index contributed by atoms with van der Waals surface area (Å²) in [5.41, 5.74) is 2.85. The maximum atomic E-state index is 13.9. The lowest BCUT2D eigenvalue weighted by Crippen LogP contribution is -2.42. The van der Waals surface area contributed by atoms with Crippen molar-refractivity contribution in [2.45, 2.75) is 69.1 Å². The quantitative estimate of drug-likeness (QED) is 0.365. The highest BCUT2D eigenvalue weighted by atomic mass is 32.2. The van der Waals surface area contributed by atoms with Crippen molar-refractivity contribution in [2.24, 2.45) is 11.3 Å². The molecular formula is C34H52N4O4S2. The summed E-state index contributed by atoms with van der Waals surface area (Å²) in [5, 5.41) is 0. The molecule has 0 radical (unpaired) electrons. The van der Waals surface area contributed by atoms with Gasteiger partial charge in [0.25, 0.3) is 0 Å². The number of rotatable bonds is 7. The fourth-order valence-electron chi connectivity index (χ4n) is 6.28. The molecule has 0 unspecified atom stereocenters. The first kappa shape index (κ1) is 34.6. The number of anilines is 1. The van der Waals surface area contributed by atoms with Crippen LogP contribution < -0.4 is 4.90 Å². The second kappa shape index (κ2) is 14.5. The van der Waals surface area contributed by atoms with E-state index in [1.165, 1.54) is 34.3 Å². The highest BCUT2D eigenvalue weighted by Gasteiger charge is 2.31. The molecule has 10 heteroatoms. The lowest BCUT2D eigenvalue weighted by Gasteiger charge is -2.37. The summed E-state index contributed by atoms with van der Waals surface area (Å²) >= 11 is 0. The number of sulfonamides is 2. The average Bonchev–Trinajstić information content (AvgIpc) is 2.96. The smallest absolute Gasteiger partial charge is 0.243 e. The summed E-state index contributed by atoms with van der Waals surface area (Å²) in [7, 11) is -3.79. The second-order valence-electron chi connectivity index (χ2n) is 13.7. The van der Waals surface area contributed by atoms with E-state index in [1.807, 2.05) is 25.9 Å². The minimum atomic E-state index is -3.83. The summed E-state index contributed by atoms with van der Waals surface area (Å²) < 4.78 is 58.6. The predicted molar refractivity (Wildman–Crippen MR) is 180 cm³/mol. The topological polar surface area (TPSA) is 81.2 Å². The molecule has 2 aromatic carbocycles. The fraction of sp³-hybridized carbons (Fsp3) is 0.588. The Labute approximate surface area is 266 Å². The summed E-state index contributed by atoms with van der Waals surface area (Å²) in [6, 6.07) is 13.8. The van der Waals surface area contributed by atoms with Crippen LogP contribution in [0.4, 0.5) is 5.69 Å². The molecule has 0 amide bonds. The fourth-order valence-corrected chi connectivity index (χ4v) is 9.28. The van der Waals surface area contributed by atoms with E-state index < -0.39 is 20.0 Å². The molecule has 44 heavy (non-hydrogen) atoms. The van der Waals surface area contributed by atoms with Crippen LogP contribution in [0.5, 0.6) is 0 Å². The first-order valence-corrected chi connectivity index (χ1v) is 18.8. The molecule has 4 rings (SSSR count). The predicted octanol–water partition coefficient (Wildman–Crippen LogP) is 5.61. The highest BCUT2D eigenvalue weighted by molar-refractivity contribution is 7.89. The third-order valence-electron chi connectivity index (χ3n) is 9.19. The summed E-state index contributed by atoms with van der Waals surface area (Å²) in [5.74, 6) is 0.609. The van der Waals surface area contributed by atoms with Gasteiger partial charge in [-0.2, -0.15) is 8.61 Å². The van der Waals surface area contributed by atoms with Crippen LogP contribution in [-0.2, 0) is 20.0 Å². The Kier molecular flexibility index (Phi) is 11.4. The molecule has 0 spiro atoms. The Balaban J connectivity index is 1.60. The molecular weight excluding hydrogens is 593 g/mol. The van der Waals surface area contributed by atoms with Crippen molar-refractivity contribution in [3.05, 3.63) is 66.2 Å². The molecule has 1 aliphatic carbocycles. The van der Waals surface area contributed by atoms with Crippen LogP contribution in [0.3, 0.4) is 0 Å². The van der Waals surface area contributed by atoms with Crippen molar-refractivity contribution in [1.29, 1.82) is 0 Å². The van der Waals surface area contributed by atoms with Crippen LogP contribution in [0, 0.1) is 18.3 Å². The van der Waals surface area contributed by atoms with Gasteiger partial charge >= 0.3 is 0 Å². The van der Waals surface area contributed by atoms with Gasteiger partial charge in [-0.3, -0.25) is 0 Å². The third-order valence-corrected chi connectivity index (χ3v) is 12.9. The molecule has 0 atom stereocenters. The van der Waals surface area contributed by atoms with Gasteiger partial charge in [0.15, 0.2) is 0 Å². The molecule has 0 bridgehead atoms. The molecule has 8 nitrogen and oxygen atoms in total. The van der Waals surface area contributed by atoms with E-state index in [-0.39, 0.29) is 22.9 Å². The molecule has 2 aromatic rings. The van der Waals surface area contributed by atoms with Crippen LogP contribution in [0.15, 0.2) is 70.5 Å². The van der Waals surface area contributed by atoms with Crippen molar-refractivity contribution in [1.82, 2.24) is 13.5 Å². The van der Waals surface area contributed by atoms with Crippen molar-refractivity contribution < 1.29 is 16.8 Å². The van der Waals surface area contributed by atoms with Crippen LogP contribution >= 0.6 is 0 Å². The zero-order valence-electron chi connectivity index (χ0n) is 27.3.